The molecule has 1 fully saturated rings. The predicted molar refractivity (Wildman–Crippen MR) is 158 cm³/mol. The number of anilines is 2. The van der Waals surface area contributed by atoms with Gasteiger partial charge in [-0.2, -0.15) is 18.2 Å². The molecule has 0 saturated carbocycles. The van der Waals surface area contributed by atoms with Gasteiger partial charge in [0.25, 0.3) is 5.91 Å². The average molecular weight is 584 g/mol. The van der Waals surface area contributed by atoms with Gasteiger partial charge in [-0.3, -0.25) is 9.79 Å². The number of amidine groups is 1. The van der Waals surface area contributed by atoms with Gasteiger partial charge in [0.2, 0.25) is 5.96 Å². The number of methoxy groups -OCH3 is 1. The molecule has 2 heterocycles. The third-order valence-corrected chi connectivity index (χ3v) is 6.66. The van der Waals surface area contributed by atoms with Crippen molar-refractivity contribution in [3.05, 3.63) is 77.4 Å². The molecule has 0 spiro atoms. The summed E-state index contributed by atoms with van der Waals surface area (Å²) in [6.07, 6.45) is -3.31. The van der Waals surface area contributed by atoms with Crippen LogP contribution in [0.3, 0.4) is 0 Å². The Balaban J connectivity index is 1.63. The van der Waals surface area contributed by atoms with Crippen molar-refractivity contribution in [2.45, 2.75) is 13.1 Å². The van der Waals surface area contributed by atoms with Crippen molar-refractivity contribution in [3.63, 3.8) is 0 Å². The molecule has 0 aliphatic carbocycles. The van der Waals surface area contributed by atoms with Gasteiger partial charge in [-0.25, -0.2) is 4.99 Å². The van der Waals surface area contributed by atoms with Crippen LogP contribution in [-0.4, -0.2) is 73.6 Å². The first-order chi connectivity index (χ1) is 19.9. The Kier molecular flexibility index (Phi) is 8.85. The fourth-order valence-electron chi connectivity index (χ4n) is 4.27. The van der Waals surface area contributed by atoms with E-state index in [-0.39, 0.29) is 40.1 Å². The summed E-state index contributed by atoms with van der Waals surface area (Å²) in [5.41, 5.74) is 13.5. The Labute approximate surface area is 241 Å². The quantitative estimate of drug-likeness (QED) is 0.408. The molecule has 14 heteroatoms. The molecule has 0 atom stereocenters. The van der Waals surface area contributed by atoms with Crippen LogP contribution in [0.2, 0.25) is 0 Å². The second kappa shape index (κ2) is 12.3. The van der Waals surface area contributed by atoms with E-state index in [0.717, 1.165) is 30.8 Å². The van der Waals surface area contributed by atoms with Crippen molar-refractivity contribution in [1.29, 1.82) is 0 Å². The molecular weight excluding hydrogens is 551 g/mol. The summed E-state index contributed by atoms with van der Waals surface area (Å²) in [5, 5.41) is 5.58. The number of rotatable bonds is 6. The number of benzene rings is 2. The Morgan fingerprint density at radius 3 is 2.48 bits per heavy atom. The van der Waals surface area contributed by atoms with Crippen molar-refractivity contribution in [2.75, 3.05) is 51.0 Å². The molecule has 2 aromatic rings. The molecule has 222 valence electrons. The summed E-state index contributed by atoms with van der Waals surface area (Å²) < 4.78 is 45.0. The van der Waals surface area contributed by atoms with Gasteiger partial charge in [0, 0.05) is 55.4 Å². The number of nitrogens with one attached hydrogen (secondary N) is 2. The van der Waals surface area contributed by atoms with Crippen LogP contribution in [0.1, 0.15) is 21.5 Å². The van der Waals surface area contributed by atoms with E-state index in [2.05, 4.69) is 37.1 Å². The van der Waals surface area contributed by atoms with Gasteiger partial charge in [-0.1, -0.05) is 12.6 Å². The molecule has 0 aromatic heterocycles. The number of hydrogen-bond acceptors (Lipinski definition) is 10. The number of ether oxygens (including phenoxy) is 1. The van der Waals surface area contributed by atoms with Gasteiger partial charge >= 0.3 is 6.18 Å². The topological polar surface area (TPSA) is 146 Å². The van der Waals surface area contributed by atoms with E-state index in [1.165, 1.54) is 25.4 Å². The number of carbonyl (C=O) groups is 1. The van der Waals surface area contributed by atoms with Gasteiger partial charge < -0.3 is 36.6 Å². The number of aryl methyl sites for hydroxylation is 1. The zero-order valence-electron chi connectivity index (χ0n) is 23.4. The first kappa shape index (κ1) is 30.1. The molecular formula is C28H32F3N9O2. The van der Waals surface area contributed by atoms with Crippen molar-refractivity contribution >= 4 is 34.8 Å². The number of halogens is 3. The molecule has 11 nitrogen and oxygen atoms in total. The summed E-state index contributed by atoms with van der Waals surface area (Å²) >= 11 is 0. The molecule has 1 saturated heterocycles. The second-order valence-electron chi connectivity index (χ2n) is 9.68. The van der Waals surface area contributed by atoms with Gasteiger partial charge in [0.15, 0.2) is 5.84 Å². The molecule has 42 heavy (non-hydrogen) atoms. The monoisotopic (exact) mass is 583 g/mol. The Morgan fingerprint density at radius 2 is 1.83 bits per heavy atom. The molecule has 0 radical (unpaired) electrons. The highest BCUT2D eigenvalue weighted by atomic mass is 19.4. The first-order valence-corrected chi connectivity index (χ1v) is 12.9. The minimum absolute atomic E-state index is 0.0467. The zero-order valence-corrected chi connectivity index (χ0v) is 23.4. The molecule has 2 aliphatic rings. The highest BCUT2D eigenvalue weighted by Crippen LogP contribution is 2.34. The molecule has 6 N–H and O–H groups in total. The molecule has 2 aromatic carbocycles. The van der Waals surface area contributed by atoms with Crippen LogP contribution in [0.15, 0.2) is 75.7 Å². The largest absolute Gasteiger partial charge is 0.497 e. The minimum Gasteiger partial charge on any atom is -0.497 e. The Bertz CT molecular complexity index is 1500. The third kappa shape index (κ3) is 6.89. The number of amides is 1. The van der Waals surface area contributed by atoms with E-state index in [4.69, 9.17) is 16.2 Å². The van der Waals surface area contributed by atoms with Crippen LogP contribution in [0.4, 0.5) is 24.5 Å². The third-order valence-electron chi connectivity index (χ3n) is 6.66. The fraction of sp³-hybridized carbons (Fsp3) is 0.286. The SMILES string of the molecule is C=C/N=C1/C(N)=NC(N2CCN(C)CC2)=N/C1=C(/N)Nc1cc(C(=O)Nc2cc(OC)cc(C(F)(F)F)c2)ccc1C. The predicted octanol–water partition coefficient (Wildman–Crippen LogP) is 3.37. The van der Waals surface area contributed by atoms with Crippen LogP contribution in [0.5, 0.6) is 5.75 Å². The minimum atomic E-state index is -4.62. The number of hydrogen-bond donors (Lipinski definition) is 4. The number of likely N-dealkylation sites (N-methyl/N-ethyl adjacent to an activating group) is 1. The lowest BCUT2D eigenvalue weighted by Gasteiger charge is -2.34. The summed E-state index contributed by atoms with van der Waals surface area (Å²) in [6, 6.07) is 7.73. The molecule has 2 aliphatic heterocycles. The summed E-state index contributed by atoms with van der Waals surface area (Å²) in [5.74, 6) is -0.0495. The second-order valence-corrected chi connectivity index (χ2v) is 9.68. The zero-order chi connectivity index (χ0) is 30.6. The smallest absolute Gasteiger partial charge is 0.416 e. The van der Waals surface area contributed by atoms with Crippen LogP contribution in [-0.2, 0) is 6.18 Å². The molecule has 4 rings (SSSR count). The standard InChI is InChI=1S/C28H32F3N9O2/c1-5-34-22-23(37-27(38-24(22)32)40-10-8-39(3)9-11-40)25(33)36-21-12-17(7-6-16(21)2)26(41)35-19-13-18(28(29,30)31)14-20(15-19)42-4/h5-7,12-15,36H,1,8-11,33H2,2-4H3,(H,35,41)(H2,32,37,38)/b25-23-,34-22+. The number of aliphatic imine (C=N–C) groups is 3. The van der Waals surface area contributed by atoms with Crippen molar-refractivity contribution in [1.82, 2.24) is 9.80 Å². The lowest BCUT2D eigenvalue weighted by molar-refractivity contribution is -0.137. The lowest BCUT2D eigenvalue weighted by Crippen LogP contribution is -2.48. The molecule has 0 bridgehead atoms. The number of piperazine rings is 1. The van der Waals surface area contributed by atoms with Crippen molar-refractivity contribution in [2.24, 2.45) is 26.4 Å². The first-order valence-electron chi connectivity index (χ1n) is 12.9. The number of nitrogens with zero attached hydrogens (tertiary/aromatic N) is 5. The highest BCUT2D eigenvalue weighted by molar-refractivity contribution is 6.49. The van der Waals surface area contributed by atoms with Crippen molar-refractivity contribution < 1.29 is 22.7 Å². The highest BCUT2D eigenvalue weighted by Gasteiger charge is 2.32. The Morgan fingerprint density at radius 1 is 1.12 bits per heavy atom. The van der Waals surface area contributed by atoms with Gasteiger partial charge in [-0.15, -0.1) is 0 Å². The maximum Gasteiger partial charge on any atom is 0.416 e. The van der Waals surface area contributed by atoms with E-state index in [1.807, 2.05) is 11.9 Å². The van der Waals surface area contributed by atoms with Crippen LogP contribution < -0.4 is 26.8 Å². The summed E-state index contributed by atoms with van der Waals surface area (Å²) in [6.45, 7) is 8.50. The fourth-order valence-corrected chi connectivity index (χ4v) is 4.27. The Hall–Kier alpha value is -4.85. The van der Waals surface area contributed by atoms with E-state index in [9.17, 15) is 18.0 Å². The van der Waals surface area contributed by atoms with E-state index in [1.54, 1.807) is 19.1 Å². The maximum absolute atomic E-state index is 13.3. The van der Waals surface area contributed by atoms with Crippen LogP contribution >= 0.6 is 0 Å². The number of guanidine groups is 1. The van der Waals surface area contributed by atoms with Crippen LogP contribution in [0, 0.1) is 6.92 Å². The van der Waals surface area contributed by atoms with E-state index >= 15 is 0 Å². The molecule has 1 amide bonds. The van der Waals surface area contributed by atoms with Crippen LogP contribution in [0.25, 0.3) is 0 Å². The van der Waals surface area contributed by atoms with Gasteiger partial charge in [0.1, 0.15) is 23.0 Å². The van der Waals surface area contributed by atoms with E-state index < -0.39 is 17.6 Å². The maximum atomic E-state index is 13.3. The van der Waals surface area contributed by atoms with E-state index in [0.29, 0.717) is 24.7 Å². The van der Waals surface area contributed by atoms with Gasteiger partial charge in [0.05, 0.1) is 12.7 Å². The number of alkyl halides is 3. The normalized spacial score (nSPS) is 18.2. The average Bonchev–Trinajstić information content (AvgIpc) is 2.94. The lowest BCUT2D eigenvalue weighted by atomic mass is 10.1. The summed E-state index contributed by atoms with van der Waals surface area (Å²) in [4.78, 5) is 30.5. The number of nitrogens with two attached hydrogens (primary N) is 2. The van der Waals surface area contributed by atoms with Gasteiger partial charge in [-0.05, 0) is 43.8 Å². The molecule has 0 unspecified atom stereocenters. The van der Waals surface area contributed by atoms with Crippen molar-refractivity contribution in [3.8, 4) is 5.75 Å². The summed E-state index contributed by atoms with van der Waals surface area (Å²) in [7, 11) is 3.28. The number of carbonyl (C=O) groups excluding carboxylic acids is 1.